The highest BCUT2D eigenvalue weighted by atomic mass is 16.7. The topological polar surface area (TPSA) is 76.2 Å². The van der Waals surface area contributed by atoms with Crippen LogP contribution in [0.2, 0.25) is 0 Å². The molecule has 6 nitrogen and oxygen atoms in total. The van der Waals surface area contributed by atoms with Crippen molar-refractivity contribution in [2.45, 2.75) is 26.3 Å². The maximum Gasteiger partial charge on any atom is 0.252 e. The summed E-state index contributed by atoms with van der Waals surface area (Å²) >= 11 is 0. The van der Waals surface area contributed by atoms with Crippen molar-refractivity contribution in [1.82, 2.24) is 9.97 Å². The number of benzene rings is 1. The number of hydrogen-bond acceptors (Lipinski definition) is 5. The van der Waals surface area contributed by atoms with E-state index in [1.54, 1.807) is 0 Å². The molecule has 6 heteroatoms. The number of nitrogens with one attached hydrogen (secondary N) is 2. The minimum absolute atomic E-state index is 0.158. The summed E-state index contributed by atoms with van der Waals surface area (Å²) in [6, 6.07) is 7.19. The van der Waals surface area contributed by atoms with Gasteiger partial charge in [0.1, 0.15) is 11.6 Å². The van der Waals surface area contributed by atoms with E-state index in [1.807, 2.05) is 32.0 Å². The van der Waals surface area contributed by atoms with Crippen LogP contribution in [0.5, 0.6) is 11.5 Å². The maximum absolute atomic E-state index is 11.6. The third-order valence-electron chi connectivity index (χ3n) is 3.24. The second-order valence-electron chi connectivity index (χ2n) is 5.18. The number of H-pyrrole nitrogens is 1. The predicted molar refractivity (Wildman–Crippen MR) is 78.8 cm³/mol. The Hall–Kier alpha value is -2.50. The summed E-state index contributed by atoms with van der Waals surface area (Å²) in [6.45, 7) is 4.72. The highest BCUT2D eigenvalue weighted by molar-refractivity contribution is 5.49. The van der Waals surface area contributed by atoms with E-state index in [1.165, 1.54) is 6.07 Å². The second kappa shape index (κ2) is 5.47. The van der Waals surface area contributed by atoms with Crippen molar-refractivity contribution in [1.29, 1.82) is 0 Å². The number of fused-ring (bicyclic) bond motifs is 1. The Kier molecular flexibility index (Phi) is 3.51. The number of aromatic nitrogens is 2. The summed E-state index contributed by atoms with van der Waals surface area (Å²) in [5.41, 5.74) is 0.812. The highest BCUT2D eigenvalue weighted by Crippen LogP contribution is 2.35. The highest BCUT2D eigenvalue weighted by Gasteiger charge is 2.17. The Balaban J connectivity index is 1.80. The average molecular weight is 287 g/mol. The van der Waals surface area contributed by atoms with E-state index >= 15 is 0 Å². The van der Waals surface area contributed by atoms with Crippen molar-refractivity contribution in [3.63, 3.8) is 0 Å². The molecule has 0 radical (unpaired) electrons. The molecule has 1 aliphatic rings. The van der Waals surface area contributed by atoms with Gasteiger partial charge in [-0.3, -0.25) is 4.79 Å². The van der Waals surface area contributed by atoms with Gasteiger partial charge in [-0.25, -0.2) is 4.98 Å². The zero-order chi connectivity index (χ0) is 14.8. The predicted octanol–water partition coefficient (Wildman–Crippen LogP) is 2.23. The van der Waals surface area contributed by atoms with Gasteiger partial charge in [-0.15, -0.1) is 0 Å². The maximum atomic E-state index is 11.6. The fourth-order valence-electron chi connectivity index (χ4n) is 2.16. The molecular weight excluding hydrogens is 270 g/mol. The molecule has 0 unspecified atom stereocenters. The third kappa shape index (κ3) is 2.84. The lowest BCUT2D eigenvalue weighted by Crippen LogP contribution is -2.14. The van der Waals surface area contributed by atoms with Crippen LogP contribution in [0.3, 0.4) is 0 Å². The molecular formula is C15H17N3O3. The summed E-state index contributed by atoms with van der Waals surface area (Å²) in [7, 11) is 0. The Bertz CT molecular complexity index is 710. The molecule has 21 heavy (non-hydrogen) atoms. The van der Waals surface area contributed by atoms with Crippen molar-refractivity contribution in [3.05, 3.63) is 46.0 Å². The van der Waals surface area contributed by atoms with Gasteiger partial charge in [0.05, 0.1) is 0 Å². The van der Waals surface area contributed by atoms with Crippen LogP contribution in [0.15, 0.2) is 29.1 Å². The zero-order valence-corrected chi connectivity index (χ0v) is 12.0. The molecule has 0 spiro atoms. The SMILES string of the molecule is CC(C)c1nc(NCc2cccc3c2OCO3)cc(=O)[nH]1. The molecule has 1 aliphatic heterocycles. The fraction of sp³-hybridized carbons (Fsp3) is 0.333. The molecule has 0 amide bonds. The van der Waals surface area contributed by atoms with Crippen molar-refractivity contribution >= 4 is 5.82 Å². The van der Waals surface area contributed by atoms with E-state index in [9.17, 15) is 4.79 Å². The Morgan fingerprint density at radius 3 is 3.05 bits per heavy atom. The monoisotopic (exact) mass is 287 g/mol. The first-order valence-electron chi connectivity index (χ1n) is 6.86. The Labute approximate surface area is 122 Å². The standard InChI is InChI=1S/C15H17N3O3/c1-9(2)15-17-12(6-13(19)18-15)16-7-10-4-3-5-11-14(10)21-8-20-11/h3-6,9H,7-8H2,1-2H3,(H2,16,17,18,19). The van der Waals surface area contributed by atoms with Crippen LogP contribution < -0.4 is 20.3 Å². The van der Waals surface area contributed by atoms with Crippen LogP contribution in [0.4, 0.5) is 5.82 Å². The number of nitrogens with zero attached hydrogens (tertiary/aromatic N) is 1. The normalized spacial score (nSPS) is 12.7. The Morgan fingerprint density at radius 2 is 2.24 bits per heavy atom. The summed E-state index contributed by atoms with van der Waals surface area (Å²) in [4.78, 5) is 18.8. The summed E-state index contributed by atoms with van der Waals surface area (Å²) in [5.74, 6) is 2.88. The third-order valence-corrected chi connectivity index (χ3v) is 3.24. The number of aromatic amines is 1. The van der Waals surface area contributed by atoms with Crippen LogP contribution in [0.1, 0.15) is 31.2 Å². The van der Waals surface area contributed by atoms with Crippen LogP contribution in [-0.4, -0.2) is 16.8 Å². The van der Waals surface area contributed by atoms with E-state index < -0.39 is 0 Å². The lowest BCUT2D eigenvalue weighted by atomic mass is 10.2. The van der Waals surface area contributed by atoms with Gasteiger partial charge in [0.2, 0.25) is 6.79 Å². The van der Waals surface area contributed by atoms with Gasteiger partial charge in [0.25, 0.3) is 5.56 Å². The van der Waals surface area contributed by atoms with Gasteiger partial charge in [-0.2, -0.15) is 0 Å². The van der Waals surface area contributed by atoms with Crippen molar-refractivity contribution < 1.29 is 9.47 Å². The van der Waals surface area contributed by atoms with Gasteiger partial charge >= 0.3 is 0 Å². The summed E-state index contributed by atoms with van der Waals surface area (Å²) in [6.07, 6.45) is 0. The van der Waals surface area contributed by atoms with E-state index in [-0.39, 0.29) is 18.3 Å². The summed E-state index contributed by atoms with van der Waals surface area (Å²) in [5, 5.41) is 3.16. The molecule has 0 saturated heterocycles. The minimum atomic E-state index is -0.158. The first-order chi connectivity index (χ1) is 10.1. The molecule has 2 heterocycles. The van der Waals surface area contributed by atoms with Crippen LogP contribution in [0.25, 0.3) is 0 Å². The van der Waals surface area contributed by atoms with Crippen molar-refractivity contribution in [3.8, 4) is 11.5 Å². The first kappa shape index (κ1) is 13.5. The van der Waals surface area contributed by atoms with Crippen LogP contribution in [-0.2, 0) is 6.54 Å². The van der Waals surface area contributed by atoms with E-state index in [2.05, 4.69) is 15.3 Å². The van der Waals surface area contributed by atoms with Gasteiger partial charge in [0, 0.05) is 24.1 Å². The lowest BCUT2D eigenvalue weighted by Gasteiger charge is -2.10. The number of rotatable bonds is 4. The van der Waals surface area contributed by atoms with Crippen molar-refractivity contribution in [2.24, 2.45) is 0 Å². The van der Waals surface area contributed by atoms with E-state index in [0.29, 0.717) is 18.2 Å². The largest absolute Gasteiger partial charge is 0.454 e. The lowest BCUT2D eigenvalue weighted by molar-refractivity contribution is 0.173. The molecule has 2 aromatic rings. The number of para-hydroxylation sites is 1. The zero-order valence-electron chi connectivity index (χ0n) is 12.0. The first-order valence-corrected chi connectivity index (χ1v) is 6.86. The van der Waals surface area contributed by atoms with Gasteiger partial charge in [-0.1, -0.05) is 26.0 Å². The van der Waals surface area contributed by atoms with Gasteiger partial charge < -0.3 is 19.8 Å². The molecule has 110 valence electrons. The van der Waals surface area contributed by atoms with E-state index in [4.69, 9.17) is 9.47 Å². The Morgan fingerprint density at radius 1 is 1.38 bits per heavy atom. The van der Waals surface area contributed by atoms with Crippen molar-refractivity contribution in [2.75, 3.05) is 12.1 Å². The minimum Gasteiger partial charge on any atom is -0.454 e. The number of ether oxygens (including phenoxy) is 2. The molecule has 0 fully saturated rings. The molecule has 0 saturated carbocycles. The molecule has 2 N–H and O–H groups in total. The summed E-state index contributed by atoms with van der Waals surface area (Å²) < 4.78 is 10.8. The molecule has 0 aliphatic carbocycles. The quantitative estimate of drug-likeness (QED) is 0.902. The molecule has 3 rings (SSSR count). The molecule has 0 atom stereocenters. The van der Waals surface area contributed by atoms with Gasteiger partial charge in [-0.05, 0) is 6.07 Å². The smallest absolute Gasteiger partial charge is 0.252 e. The number of hydrogen-bond donors (Lipinski definition) is 2. The average Bonchev–Trinajstić information content (AvgIpc) is 2.93. The van der Waals surface area contributed by atoms with Crippen LogP contribution in [0, 0.1) is 0 Å². The second-order valence-corrected chi connectivity index (χ2v) is 5.18. The number of anilines is 1. The molecule has 1 aromatic carbocycles. The molecule has 0 bridgehead atoms. The van der Waals surface area contributed by atoms with E-state index in [0.717, 1.165) is 17.1 Å². The molecule has 1 aromatic heterocycles. The fourth-order valence-corrected chi connectivity index (χ4v) is 2.16. The van der Waals surface area contributed by atoms with Crippen LogP contribution >= 0.6 is 0 Å². The van der Waals surface area contributed by atoms with Gasteiger partial charge in [0.15, 0.2) is 11.5 Å².